The van der Waals surface area contributed by atoms with Gasteiger partial charge in [-0.1, -0.05) is 13.3 Å². The number of urea groups is 1. The fraction of sp³-hybridized carbons (Fsp3) is 0.846. The van der Waals surface area contributed by atoms with E-state index in [1.807, 2.05) is 6.92 Å². The Kier molecular flexibility index (Phi) is 4.63. The van der Waals surface area contributed by atoms with Crippen molar-refractivity contribution in [3.8, 4) is 0 Å². The predicted octanol–water partition coefficient (Wildman–Crippen LogP) is 1.20. The van der Waals surface area contributed by atoms with Gasteiger partial charge in [0.25, 0.3) is 0 Å². The topological polar surface area (TPSA) is 78.9 Å². The molecule has 19 heavy (non-hydrogen) atoms. The molecule has 1 aliphatic carbocycles. The summed E-state index contributed by atoms with van der Waals surface area (Å²) in [5.41, 5.74) is 0. The number of nitrogens with one attached hydrogen (secondary N) is 1. The van der Waals surface area contributed by atoms with Crippen LogP contribution >= 0.6 is 0 Å². The predicted molar refractivity (Wildman–Crippen MR) is 68.9 cm³/mol. The highest BCUT2D eigenvalue weighted by molar-refractivity contribution is 5.82. The number of aliphatic carboxylic acids is 1. The average molecular weight is 270 g/mol. The van der Waals surface area contributed by atoms with E-state index in [1.165, 1.54) is 0 Å². The molecule has 3 unspecified atom stereocenters. The van der Waals surface area contributed by atoms with Crippen LogP contribution in [0.2, 0.25) is 0 Å². The molecule has 6 nitrogen and oxygen atoms in total. The Morgan fingerprint density at radius 3 is 2.95 bits per heavy atom. The van der Waals surface area contributed by atoms with Crippen LogP contribution in [0.3, 0.4) is 0 Å². The van der Waals surface area contributed by atoms with E-state index >= 15 is 0 Å². The number of nitrogens with zero attached hydrogens (tertiary/aromatic N) is 1. The fourth-order valence-corrected chi connectivity index (χ4v) is 2.96. The van der Waals surface area contributed by atoms with Crippen molar-refractivity contribution in [2.75, 3.05) is 13.2 Å². The van der Waals surface area contributed by atoms with E-state index in [-0.39, 0.29) is 18.2 Å². The maximum atomic E-state index is 12.2. The van der Waals surface area contributed by atoms with E-state index in [2.05, 4.69) is 5.32 Å². The number of amides is 2. The van der Waals surface area contributed by atoms with E-state index in [0.717, 1.165) is 25.7 Å². The SMILES string of the molecule is CCCC(NC(=O)N1CCOC2CCCC21)C(=O)O. The smallest absolute Gasteiger partial charge is 0.326 e. The highest BCUT2D eigenvalue weighted by atomic mass is 16.5. The van der Waals surface area contributed by atoms with Crippen LogP contribution in [0.15, 0.2) is 0 Å². The molecule has 1 aliphatic heterocycles. The second kappa shape index (κ2) is 6.23. The Morgan fingerprint density at radius 1 is 1.47 bits per heavy atom. The van der Waals surface area contributed by atoms with Crippen molar-refractivity contribution < 1.29 is 19.4 Å². The Bertz CT molecular complexity index is 348. The standard InChI is InChI=1S/C13H22N2O4/c1-2-4-9(12(16)17)14-13(18)15-7-8-19-11-6-3-5-10(11)15/h9-11H,2-8H2,1H3,(H,14,18)(H,16,17). The molecule has 6 heteroatoms. The van der Waals surface area contributed by atoms with Gasteiger partial charge in [0.1, 0.15) is 6.04 Å². The summed E-state index contributed by atoms with van der Waals surface area (Å²) < 4.78 is 5.64. The number of hydrogen-bond acceptors (Lipinski definition) is 3. The van der Waals surface area contributed by atoms with E-state index in [9.17, 15) is 9.59 Å². The molecule has 1 heterocycles. The molecule has 2 amide bonds. The van der Waals surface area contributed by atoms with Crippen molar-refractivity contribution in [1.82, 2.24) is 10.2 Å². The van der Waals surface area contributed by atoms with Crippen molar-refractivity contribution in [2.45, 2.75) is 57.2 Å². The summed E-state index contributed by atoms with van der Waals surface area (Å²) in [4.78, 5) is 25.1. The van der Waals surface area contributed by atoms with Gasteiger partial charge in [-0.2, -0.15) is 0 Å². The Hall–Kier alpha value is -1.30. The molecule has 0 aromatic rings. The molecule has 0 spiro atoms. The summed E-state index contributed by atoms with van der Waals surface area (Å²) in [6.07, 6.45) is 4.33. The van der Waals surface area contributed by atoms with Crippen LogP contribution in [-0.4, -0.2) is 53.3 Å². The molecular weight excluding hydrogens is 248 g/mol. The zero-order valence-electron chi connectivity index (χ0n) is 11.3. The molecule has 2 rings (SSSR count). The molecule has 3 atom stereocenters. The summed E-state index contributed by atoms with van der Waals surface area (Å²) in [5, 5.41) is 11.7. The van der Waals surface area contributed by atoms with Gasteiger partial charge in [-0.15, -0.1) is 0 Å². The lowest BCUT2D eigenvalue weighted by atomic mass is 10.1. The van der Waals surface area contributed by atoms with E-state index < -0.39 is 12.0 Å². The molecule has 0 aromatic carbocycles. The monoisotopic (exact) mass is 270 g/mol. The zero-order chi connectivity index (χ0) is 13.8. The summed E-state index contributed by atoms with van der Waals surface area (Å²) >= 11 is 0. The molecule has 108 valence electrons. The lowest BCUT2D eigenvalue weighted by molar-refractivity contribution is -0.139. The van der Waals surface area contributed by atoms with Crippen molar-refractivity contribution >= 4 is 12.0 Å². The highest BCUT2D eigenvalue weighted by Gasteiger charge is 2.39. The third-order valence-electron chi connectivity index (χ3n) is 3.92. The number of morpholine rings is 1. The van der Waals surface area contributed by atoms with Crippen LogP contribution in [0.1, 0.15) is 39.0 Å². The summed E-state index contributed by atoms with van der Waals surface area (Å²) in [5.74, 6) is -0.966. The number of rotatable bonds is 4. The van der Waals surface area contributed by atoms with Gasteiger partial charge in [0.05, 0.1) is 18.8 Å². The molecule has 0 radical (unpaired) electrons. The van der Waals surface area contributed by atoms with Gasteiger partial charge in [-0.25, -0.2) is 9.59 Å². The maximum Gasteiger partial charge on any atom is 0.326 e. The second-order valence-electron chi connectivity index (χ2n) is 5.23. The quantitative estimate of drug-likeness (QED) is 0.804. The first-order valence-corrected chi connectivity index (χ1v) is 7.05. The minimum absolute atomic E-state index is 0.116. The average Bonchev–Trinajstić information content (AvgIpc) is 2.85. The molecule has 1 saturated carbocycles. The van der Waals surface area contributed by atoms with Crippen LogP contribution in [0.4, 0.5) is 4.79 Å². The van der Waals surface area contributed by atoms with Crippen LogP contribution in [0.5, 0.6) is 0 Å². The number of carboxylic acid groups (broad SMARTS) is 1. The number of carbonyl (C=O) groups excluding carboxylic acids is 1. The highest BCUT2D eigenvalue weighted by Crippen LogP contribution is 2.29. The van der Waals surface area contributed by atoms with Crippen molar-refractivity contribution in [3.05, 3.63) is 0 Å². The molecule has 2 fully saturated rings. The Morgan fingerprint density at radius 2 is 2.26 bits per heavy atom. The van der Waals surface area contributed by atoms with E-state index in [4.69, 9.17) is 9.84 Å². The van der Waals surface area contributed by atoms with Gasteiger partial charge in [0.2, 0.25) is 0 Å². The first kappa shape index (κ1) is 14.1. The van der Waals surface area contributed by atoms with Crippen molar-refractivity contribution in [2.24, 2.45) is 0 Å². The second-order valence-corrected chi connectivity index (χ2v) is 5.23. The maximum absolute atomic E-state index is 12.2. The molecule has 0 aromatic heterocycles. The molecular formula is C13H22N2O4. The van der Waals surface area contributed by atoms with Gasteiger partial charge < -0.3 is 20.1 Å². The summed E-state index contributed by atoms with van der Waals surface area (Å²) in [7, 11) is 0. The first-order chi connectivity index (χ1) is 9.13. The third-order valence-corrected chi connectivity index (χ3v) is 3.92. The minimum Gasteiger partial charge on any atom is -0.480 e. The van der Waals surface area contributed by atoms with E-state index in [0.29, 0.717) is 19.6 Å². The lowest BCUT2D eigenvalue weighted by Crippen LogP contribution is -2.57. The Balaban J connectivity index is 1.96. The first-order valence-electron chi connectivity index (χ1n) is 7.05. The largest absolute Gasteiger partial charge is 0.480 e. The molecule has 0 bridgehead atoms. The van der Waals surface area contributed by atoms with Crippen LogP contribution in [0, 0.1) is 0 Å². The molecule has 2 aliphatic rings. The Labute approximate surface area is 113 Å². The molecule has 2 N–H and O–H groups in total. The van der Waals surface area contributed by atoms with Gasteiger partial charge in [0.15, 0.2) is 0 Å². The fourth-order valence-electron chi connectivity index (χ4n) is 2.96. The summed E-state index contributed by atoms with van der Waals surface area (Å²) in [6, 6.07) is -0.939. The van der Waals surface area contributed by atoms with Crippen molar-refractivity contribution in [1.29, 1.82) is 0 Å². The number of carboxylic acids is 1. The van der Waals surface area contributed by atoms with Crippen LogP contribution in [-0.2, 0) is 9.53 Å². The summed E-state index contributed by atoms with van der Waals surface area (Å²) in [6.45, 7) is 3.00. The van der Waals surface area contributed by atoms with Gasteiger partial charge >= 0.3 is 12.0 Å². The van der Waals surface area contributed by atoms with E-state index in [1.54, 1.807) is 4.90 Å². The third kappa shape index (κ3) is 3.18. The number of carbonyl (C=O) groups is 2. The van der Waals surface area contributed by atoms with Gasteiger partial charge in [0, 0.05) is 6.54 Å². The number of ether oxygens (including phenoxy) is 1. The molecule has 1 saturated heterocycles. The van der Waals surface area contributed by atoms with Crippen LogP contribution < -0.4 is 5.32 Å². The lowest BCUT2D eigenvalue weighted by Gasteiger charge is -2.38. The van der Waals surface area contributed by atoms with Gasteiger partial charge in [-0.05, 0) is 25.7 Å². The zero-order valence-corrected chi connectivity index (χ0v) is 11.3. The van der Waals surface area contributed by atoms with Crippen molar-refractivity contribution in [3.63, 3.8) is 0 Å². The number of hydrogen-bond donors (Lipinski definition) is 2. The normalized spacial score (nSPS) is 27.7. The van der Waals surface area contributed by atoms with Gasteiger partial charge in [-0.3, -0.25) is 0 Å². The minimum atomic E-state index is -0.966. The van der Waals surface area contributed by atoms with Crippen LogP contribution in [0.25, 0.3) is 0 Å². The number of fused-ring (bicyclic) bond motifs is 1.